The van der Waals surface area contributed by atoms with Gasteiger partial charge in [-0.3, -0.25) is 9.59 Å². The fourth-order valence-corrected chi connectivity index (χ4v) is 3.20. The van der Waals surface area contributed by atoms with Crippen LogP contribution in [0.15, 0.2) is 71.8 Å². The van der Waals surface area contributed by atoms with Crippen molar-refractivity contribution in [1.82, 2.24) is 10.7 Å². The van der Waals surface area contributed by atoms with E-state index in [1.807, 2.05) is 19.1 Å². The summed E-state index contributed by atoms with van der Waals surface area (Å²) in [6, 6.07) is 19.3. The van der Waals surface area contributed by atoms with Crippen LogP contribution in [0.1, 0.15) is 28.4 Å². The van der Waals surface area contributed by atoms with Gasteiger partial charge in [0, 0.05) is 5.02 Å². The minimum atomic E-state index is -0.482. The molecule has 2 N–H and O–H groups in total. The zero-order valence-corrected chi connectivity index (χ0v) is 19.9. The van der Waals surface area contributed by atoms with Crippen molar-refractivity contribution in [1.29, 1.82) is 0 Å². The Bertz CT molecular complexity index is 1170. The molecule has 176 valence electrons. The summed E-state index contributed by atoms with van der Waals surface area (Å²) in [5.74, 6) is 0.212. The molecule has 0 atom stereocenters. The first-order valence-corrected chi connectivity index (χ1v) is 11.2. The summed E-state index contributed by atoms with van der Waals surface area (Å²) in [7, 11) is 0. The minimum Gasteiger partial charge on any atom is -0.490 e. The lowest BCUT2D eigenvalue weighted by molar-refractivity contribution is -0.120. The van der Waals surface area contributed by atoms with Gasteiger partial charge in [-0.05, 0) is 60.5 Å². The molecule has 0 aliphatic heterocycles. The van der Waals surface area contributed by atoms with Gasteiger partial charge in [0.05, 0.1) is 30.0 Å². The third-order valence-corrected chi connectivity index (χ3v) is 5.09. The second-order valence-electron chi connectivity index (χ2n) is 7.01. The SMILES string of the molecule is CCOc1cc(/C=N\NC(=O)CNC(=O)c2ccccc2Cl)ccc1OCc1ccc(Cl)cc1. The van der Waals surface area contributed by atoms with Gasteiger partial charge < -0.3 is 14.8 Å². The van der Waals surface area contributed by atoms with Crippen molar-refractivity contribution >= 4 is 41.2 Å². The van der Waals surface area contributed by atoms with Gasteiger partial charge in [0.1, 0.15) is 6.61 Å². The van der Waals surface area contributed by atoms with E-state index < -0.39 is 11.8 Å². The van der Waals surface area contributed by atoms with Crippen molar-refractivity contribution in [2.45, 2.75) is 13.5 Å². The van der Waals surface area contributed by atoms with E-state index in [-0.39, 0.29) is 6.54 Å². The average Bonchev–Trinajstić information content (AvgIpc) is 2.83. The number of ether oxygens (including phenoxy) is 2. The molecule has 0 fully saturated rings. The number of nitrogens with one attached hydrogen (secondary N) is 2. The number of amides is 2. The number of hydrogen-bond acceptors (Lipinski definition) is 5. The smallest absolute Gasteiger partial charge is 0.259 e. The summed E-state index contributed by atoms with van der Waals surface area (Å²) < 4.78 is 11.6. The molecule has 3 aromatic carbocycles. The molecule has 3 rings (SSSR count). The van der Waals surface area contributed by atoms with E-state index >= 15 is 0 Å². The molecule has 0 saturated heterocycles. The zero-order chi connectivity index (χ0) is 24.3. The molecule has 0 bridgehead atoms. The highest BCUT2D eigenvalue weighted by atomic mass is 35.5. The van der Waals surface area contributed by atoms with E-state index in [4.69, 9.17) is 32.7 Å². The van der Waals surface area contributed by atoms with Crippen LogP contribution >= 0.6 is 23.2 Å². The largest absolute Gasteiger partial charge is 0.490 e. The lowest BCUT2D eigenvalue weighted by Gasteiger charge is -2.12. The molecule has 7 nitrogen and oxygen atoms in total. The Balaban J connectivity index is 1.53. The zero-order valence-electron chi connectivity index (χ0n) is 18.4. The molecule has 9 heteroatoms. The van der Waals surface area contributed by atoms with Crippen LogP contribution < -0.4 is 20.2 Å². The Morgan fingerprint density at radius 2 is 1.74 bits per heavy atom. The molecule has 0 heterocycles. The van der Waals surface area contributed by atoms with Gasteiger partial charge in [-0.15, -0.1) is 0 Å². The Labute approximate surface area is 207 Å². The fraction of sp³-hybridized carbons (Fsp3) is 0.160. The summed E-state index contributed by atoms with van der Waals surface area (Å²) in [4.78, 5) is 24.1. The van der Waals surface area contributed by atoms with E-state index in [0.29, 0.717) is 45.9 Å². The molecule has 0 radical (unpaired) electrons. The van der Waals surface area contributed by atoms with Crippen LogP contribution in [-0.2, 0) is 11.4 Å². The maximum atomic E-state index is 12.1. The monoisotopic (exact) mass is 499 g/mol. The van der Waals surface area contributed by atoms with Gasteiger partial charge in [-0.2, -0.15) is 5.10 Å². The number of halogens is 2. The highest BCUT2D eigenvalue weighted by Crippen LogP contribution is 2.29. The maximum Gasteiger partial charge on any atom is 0.259 e. The molecule has 0 saturated carbocycles. The molecular weight excluding hydrogens is 477 g/mol. The van der Waals surface area contributed by atoms with E-state index in [1.54, 1.807) is 54.6 Å². The van der Waals surface area contributed by atoms with Crippen molar-refractivity contribution in [3.8, 4) is 11.5 Å². The summed E-state index contributed by atoms with van der Waals surface area (Å²) >= 11 is 11.9. The predicted molar refractivity (Wildman–Crippen MR) is 133 cm³/mol. The van der Waals surface area contributed by atoms with E-state index in [1.165, 1.54) is 6.21 Å². The molecule has 0 aliphatic rings. The first-order chi connectivity index (χ1) is 16.5. The van der Waals surface area contributed by atoms with E-state index in [9.17, 15) is 9.59 Å². The molecule has 0 spiro atoms. The van der Waals surface area contributed by atoms with Crippen molar-refractivity contribution in [3.63, 3.8) is 0 Å². The number of hydrogen-bond donors (Lipinski definition) is 2. The predicted octanol–water partition coefficient (Wildman–Crippen LogP) is 4.85. The Morgan fingerprint density at radius 3 is 2.47 bits per heavy atom. The van der Waals surface area contributed by atoms with E-state index in [0.717, 1.165) is 5.56 Å². The van der Waals surface area contributed by atoms with Crippen LogP contribution in [0.3, 0.4) is 0 Å². The van der Waals surface area contributed by atoms with Crippen LogP contribution in [-0.4, -0.2) is 31.2 Å². The van der Waals surface area contributed by atoms with Crippen molar-refractivity contribution < 1.29 is 19.1 Å². The van der Waals surface area contributed by atoms with Gasteiger partial charge in [0.15, 0.2) is 11.5 Å². The van der Waals surface area contributed by atoms with Gasteiger partial charge in [-0.25, -0.2) is 5.43 Å². The first-order valence-electron chi connectivity index (χ1n) is 10.4. The van der Waals surface area contributed by atoms with Crippen LogP contribution in [0.2, 0.25) is 10.0 Å². The number of rotatable bonds is 10. The van der Waals surface area contributed by atoms with Crippen molar-refractivity contribution in [2.24, 2.45) is 5.10 Å². The second kappa shape index (κ2) is 12.6. The molecule has 34 heavy (non-hydrogen) atoms. The van der Waals surface area contributed by atoms with Crippen LogP contribution in [0.4, 0.5) is 0 Å². The summed E-state index contributed by atoms with van der Waals surface area (Å²) in [5, 5.41) is 7.40. The van der Waals surface area contributed by atoms with Crippen LogP contribution in [0, 0.1) is 0 Å². The van der Waals surface area contributed by atoms with Crippen molar-refractivity contribution in [3.05, 3.63) is 93.5 Å². The quantitative estimate of drug-likeness (QED) is 0.308. The molecular formula is C25H23Cl2N3O4. The Morgan fingerprint density at radius 1 is 0.971 bits per heavy atom. The van der Waals surface area contributed by atoms with Gasteiger partial charge in [-0.1, -0.05) is 47.5 Å². The Hall–Kier alpha value is -3.55. The first kappa shape index (κ1) is 25.1. The third kappa shape index (κ3) is 7.50. The highest BCUT2D eigenvalue weighted by molar-refractivity contribution is 6.33. The Kier molecular flexibility index (Phi) is 9.31. The van der Waals surface area contributed by atoms with E-state index in [2.05, 4.69) is 15.8 Å². The number of carbonyl (C=O) groups excluding carboxylic acids is 2. The second-order valence-corrected chi connectivity index (χ2v) is 7.85. The third-order valence-electron chi connectivity index (χ3n) is 4.51. The lowest BCUT2D eigenvalue weighted by atomic mass is 10.2. The summed E-state index contributed by atoms with van der Waals surface area (Å²) in [6.07, 6.45) is 1.47. The standard InChI is InChI=1S/C25H23Cl2N3O4/c1-2-33-23-13-18(9-12-22(23)34-16-17-7-10-19(26)11-8-17)14-29-30-24(31)15-28-25(32)20-5-3-4-6-21(20)27/h3-14H,2,15-16H2,1H3,(H,28,32)(H,30,31)/b29-14-. The number of nitrogens with zero attached hydrogens (tertiary/aromatic N) is 1. The number of benzene rings is 3. The van der Waals surface area contributed by atoms with Crippen LogP contribution in [0.5, 0.6) is 11.5 Å². The average molecular weight is 500 g/mol. The maximum absolute atomic E-state index is 12.1. The molecule has 0 unspecified atom stereocenters. The highest BCUT2D eigenvalue weighted by Gasteiger charge is 2.11. The van der Waals surface area contributed by atoms with Crippen LogP contribution in [0.25, 0.3) is 0 Å². The van der Waals surface area contributed by atoms with Crippen molar-refractivity contribution in [2.75, 3.05) is 13.2 Å². The summed E-state index contributed by atoms with van der Waals surface area (Å²) in [6.45, 7) is 2.45. The molecule has 3 aromatic rings. The minimum absolute atomic E-state index is 0.247. The molecule has 2 amide bonds. The summed E-state index contributed by atoms with van der Waals surface area (Å²) in [5.41, 5.74) is 4.33. The molecule has 0 aromatic heterocycles. The van der Waals surface area contributed by atoms with Gasteiger partial charge >= 0.3 is 0 Å². The number of hydrazone groups is 1. The lowest BCUT2D eigenvalue weighted by Crippen LogP contribution is -2.35. The van der Waals surface area contributed by atoms with Gasteiger partial charge in [0.2, 0.25) is 0 Å². The molecule has 0 aliphatic carbocycles. The van der Waals surface area contributed by atoms with Gasteiger partial charge in [0.25, 0.3) is 11.8 Å². The topological polar surface area (TPSA) is 89.0 Å². The fourth-order valence-electron chi connectivity index (χ4n) is 2.85. The number of carbonyl (C=O) groups is 2. The normalized spacial score (nSPS) is 10.7.